The van der Waals surface area contributed by atoms with Gasteiger partial charge in [0.2, 0.25) is 0 Å². The van der Waals surface area contributed by atoms with E-state index in [0.29, 0.717) is 5.76 Å². The van der Waals surface area contributed by atoms with Crippen molar-refractivity contribution in [2.24, 2.45) is 5.41 Å². The molecule has 0 aromatic carbocycles. The molecule has 2 N–H and O–H groups in total. The van der Waals surface area contributed by atoms with Crippen molar-refractivity contribution < 1.29 is 14.9 Å². The summed E-state index contributed by atoms with van der Waals surface area (Å²) in [5.74, 6) is 0.678. The molecule has 0 bridgehead atoms. The number of hydrogen-bond donors (Lipinski definition) is 2. The molecule has 1 aliphatic heterocycles. The van der Waals surface area contributed by atoms with E-state index in [1.165, 1.54) is 6.08 Å². The lowest BCUT2D eigenvalue weighted by atomic mass is 9.83. The summed E-state index contributed by atoms with van der Waals surface area (Å²) in [6, 6.07) is 0. The van der Waals surface area contributed by atoms with Crippen LogP contribution in [0.5, 0.6) is 0 Å². The molecular weight excluding hydrogens is 168 g/mol. The third-order valence-corrected chi connectivity index (χ3v) is 2.23. The molecule has 3 atom stereocenters. The normalized spacial score (nSPS) is 35.2. The van der Waals surface area contributed by atoms with Crippen molar-refractivity contribution in [3.63, 3.8) is 0 Å². The molecule has 76 valence electrons. The minimum Gasteiger partial charge on any atom is -0.492 e. The molecule has 0 saturated heterocycles. The van der Waals surface area contributed by atoms with Crippen molar-refractivity contribution in [3.05, 3.63) is 11.8 Å². The molecule has 0 aliphatic carbocycles. The van der Waals surface area contributed by atoms with Gasteiger partial charge in [-0.25, -0.2) is 0 Å². The van der Waals surface area contributed by atoms with E-state index >= 15 is 0 Å². The van der Waals surface area contributed by atoms with Crippen molar-refractivity contribution in [2.45, 2.75) is 46.0 Å². The van der Waals surface area contributed by atoms with Crippen LogP contribution in [0.2, 0.25) is 0 Å². The Morgan fingerprint density at radius 1 is 1.31 bits per heavy atom. The molecule has 0 saturated carbocycles. The van der Waals surface area contributed by atoms with Crippen LogP contribution in [0.4, 0.5) is 0 Å². The molecule has 13 heavy (non-hydrogen) atoms. The molecule has 0 fully saturated rings. The first-order valence-corrected chi connectivity index (χ1v) is 4.53. The van der Waals surface area contributed by atoms with E-state index in [4.69, 9.17) is 4.74 Å². The minimum absolute atomic E-state index is 0.171. The number of aliphatic hydroxyl groups excluding tert-OH is 2. The van der Waals surface area contributed by atoms with Gasteiger partial charge in [0.25, 0.3) is 0 Å². The second-order valence-electron chi connectivity index (χ2n) is 4.66. The molecule has 0 radical (unpaired) electrons. The van der Waals surface area contributed by atoms with Crippen LogP contribution in [-0.2, 0) is 4.74 Å². The first-order valence-electron chi connectivity index (χ1n) is 4.53. The third kappa shape index (κ3) is 2.23. The van der Waals surface area contributed by atoms with Crippen molar-refractivity contribution in [3.8, 4) is 0 Å². The summed E-state index contributed by atoms with van der Waals surface area (Å²) in [6.45, 7) is 7.72. The summed E-state index contributed by atoms with van der Waals surface area (Å²) in [5, 5.41) is 19.1. The number of allylic oxidation sites excluding steroid dienone is 1. The van der Waals surface area contributed by atoms with Gasteiger partial charge >= 0.3 is 0 Å². The van der Waals surface area contributed by atoms with Crippen molar-refractivity contribution in [1.29, 1.82) is 0 Å². The maximum Gasteiger partial charge on any atom is 0.132 e. The molecule has 0 aromatic rings. The molecule has 1 rings (SSSR count). The largest absolute Gasteiger partial charge is 0.492 e. The fourth-order valence-corrected chi connectivity index (χ4v) is 1.52. The van der Waals surface area contributed by atoms with Crippen LogP contribution in [0.25, 0.3) is 0 Å². The zero-order chi connectivity index (χ0) is 10.2. The minimum atomic E-state index is -0.830. The Hall–Kier alpha value is -0.540. The van der Waals surface area contributed by atoms with Crippen LogP contribution >= 0.6 is 0 Å². The second kappa shape index (κ2) is 3.31. The summed E-state index contributed by atoms with van der Waals surface area (Å²) >= 11 is 0. The zero-order valence-electron chi connectivity index (χ0n) is 8.61. The monoisotopic (exact) mass is 186 g/mol. The molecule has 1 aliphatic rings. The van der Waals surface area contributed by atoms with Crippen molar-refractivity contribution in [1.82, 2.24) is 0 Å². The predicted octanol–water partition coefficient (Wildman–Crippen LogP) is 1.06. The maximum absolute atomic E-state index is 9.67. The van der Waals surface area contributed by atoms with Crippen LogP contribution in [0.3, 0.4) is 0 Å². The Bertz CT molecular complexity index is 215. The Kier molecular flexibility index (Phi) is 2.68. The van der Waals surface area contributed by atoms with Gasteiger partial charge in [-0.15, -0.1) is 0 Å². The third-order valence-electron chi connectivity index (χ3n) is 2.23. The lowest BCUT2D eigenvalue weighted by molar-refractivity contribution is -0.114. The lowest BCUT2D eigenvalue weighted by Crippen LogP contribution is -2.48. The fourth-order valence-electron chi connectivity index (χ4n) is 1.52. The molecule has 1 heterocycles. The maximum atomic E-state index is 9.67. The van der Waals surface area contributed by atoms with Gasteiger partial charge in [0.1, 0.15) is 18.3 Å². The standard InChI is InChI=1S/C10H18O3/c1-6-5-7(11)8(12)9(13-6)10(2,3)4/h5,7-9,11-12H,1-4H3. The summed E-state index contributed by atoms with van der Waals surface area (Å²) < 4.78 is 5.48. The van der Waals surface area contributed by atoms with Gasteiger partial charge in [0.05, 0.1) is 5.76 Å². The van der Waals surface area contributed by atoms with Crippen LogP contribution in [0.15, 0.2) is 11.8 Å². The van der Waals surface area contributed by atoms with Crippen molar-refractivity contribution >= 4 is 0 Å². The van der Waals surface area contributed by atoms with Crippen LogP contribution in [-0.4, -0.2) is 28.5 Å². The van der Waals surface area contributed by atoms with E-state index in [0.717, 1.165) is 0 Å². The summed E-state index contributed by atoms with van der Waals surface area (Å²) in [7, 11) is 0. The molecule has 0 spiro atoms. The lowest BCUT2D eigenvalue weighted by Gasteiger charge is -2.39. The zero-order valence-corrected chi connectivity index (χ0v) is 8.61. The van der Waals surface area contributed by atoms with E-state index in [1.807, 2.05) is 20.8 Å². The second-order valence-corrected chi connectivity index (χ2v) is 4.66. The Morgan fingerprint density at radius 2 is 1.85 bits per heavy atom. The van der Waals surface area contributed by atoms with Crippen LogP contribution in [0.1, 0.15) is 27.7 Å². The Morgan fingerprint density at radius 3 is 2.31 bits per heavy atom. The highest BCUT2D eigenvalue weighted by Gasteiger charge is 2.39. The topological polar surface area (TPSA) is 49.7 Å². The average Bonchev–Trinajstić information content (AvgIpc) is 1.94. The fraction of sp³-hybridized carbons (Fsp3) is 0.800. The summed E-state index contributed by atoms with van der Waals surface area (Å²) in [4.78, 5) is 0. The van der Waals surface area contributed by atoms with Gasteiger partial charge in [-0.1, -0.05) is 20.8 Å². The number of rotatable bonds is 0. The Labute approximate surface area is 79.0 Å². The number of hydrogen-bond acceptors (Lipinski definition) is 3. The van der Waals surface area contributed by atoms with Gasteiger partial charge in [-0.2, -0.15) is 0 Å². The highest BCUT2D eigenvalue weighted by atomic mass is 16.5. The van der Waals surface area contributed by atoms with E-state index < -0.39 is 12.2 Å². The SMILES string of the molecule is CC1=CC(O)C(O)C(C(C)(C)C)O1. The summed E-state index contributed by atoms with van der Waals surface area (Å²) in [5.41, 5.74) is -0.171. The Balaban J connectivity index is 2.84. The van der Waals surface area contributed by atoms with Crippen LogP contribution in [0, 0.1) is 5.41 Å². The molecular formula is C10H18O3. The quantitative estimate of drug-likeness (QED) is 0.594. The van der Waals surface area contributed by atoms with Crippen LogP contribution < -0.4 is 0 Å². The van der Waals surface area contributed by atoms with Gasteiger partial charge < -0.3 is 14.9 Å². The van der Waals surface area contributed by atoms with E-state index in [-0.39, 0.29) is 11.5 Å². The molecule has 0 amide bonds. The molecule has 3 unspecified atom stereocenters. The molecule has 3 nitrogen and oxygen atoms in total. The van der Waals surface area contributed by atoms with E-state index in [1.54, 1.807) is 6.92 Å². The molecule has 0 aromatic heterocycles. The van der Waals surface area contributed by atoms with E-state index in [9.17, 15) is 10.2 Å². The molecule has 3 heteroatoms. The highest BCUT2D eigenvalue weighted by Crippen LogP contribution is 2.31. The van der Waals surface area contributed by atoms with Gasteiger partial charge in [0.15, 0.2) is 0 Å². The first-order chi connectivity index (χ1) is 5.82. The first kappa shape index (κ1) is 10.5. The van der Waals surface area contributed by atoms with Gasteiger partial charge in [0, 0.05) is 5.41 Å². The van der Waals surface area contributed by atoms with Crippen molar-refractivity contribution in [2.75, 3.05) is 0 Å². The predicted molar refractivity (Wildman–Crippen MR) is 50.1 cm³/mol. The van der Waals surface area contributed by atoms with Gasteiger partial charge in [-0.3, -0.25) is 0 Å². The smallest absolute Gasteiger partial charge is 0.132 e. The number of ether oxygens (including phenoxy) is 1. The van der Waals surface area contributed by atoms with Gasteiger partial charge in [-0.05, 0) is 13.0 Å². The summed E-state index contributed by atoms with van der Waals surface area (Å²) in [6.07, 6.45) is -0.443. The number of aliphatic hydroxyl groups is 2. The average molecular weight is 186 g/mol. The highest BCUT2D eigenvalue weighted by molar-refractivity contribution is 5.06. The van der Waals surface area contributed by atoms with E-state index in [2.05, 4.69) is 0 Å².